The Morgan fingerprint density at radius 2 is 1.27 bits per heavy atom. The number of benzene rings is 1. The molecule has 0 amide bonds. The molecule has 44 heavy (non-hydrogen) atoms. The molecule has 2 aromatic rings. The highest BCUT2D eigenvalue weighted by Gasteiger charge is 2.27. The van der Waals surface area contributed by atoms with E-state index in [0.717, 1.165) is 12.8 Å². The van der Waals surface area contributed by atoms with Crippen LogP contribution in [0.3, 0.4) is 0 Å². The number of hydrogen-bond acceptors (Lipinski definition) is 7. The molecule has 1 heterocycles. The van der Waals surface area contributed by atoms with Gasteiger partial charge in [-0.1, -0.05) is 121 Å². The monoisotopic (exact) mass is 636 g/mol. The minimum atomic E-state index is -3.63. The molecule has 0 spiro atoms. The van der Waals surface area contributed by atoms with Crippen molar-refractivity contribution < 1.29 is 23.1 Å². The van der Waals surface area contributed by atoms with E-state index in [0.29, 0.717) is 24.5 Å². The highest BCUT2D eigenvalue weighted by molar-refractivity contribution is 7.54. The van der Waals surface area contributed by atoms with Crippen LogP contribution < -0.4 is 15.8 Å². The topological polar surface area (TPSA) is 109 Å². The molecule has 250 valence electrons. The lowest BCUT2D eigenvalue weighted by molar-refractivity contribution is 0.0851. The number of nitrogens with one attached hydrogen (secondary N) is 1. The van der Waals surface area contributed by atoms with Gasteiger partial charge in [-0.05, 0) is 25.5 Å². The zero-order valence-corrected chi connectivity index (χ0v) is 28.2. The number of rotatable bonds is 28. The van der Waals surface area contributed by atoms with E-state index in [1.165, 1.54) is 101 Å². The number of hydrogen-bond donors (Lipinski definition) is 1. The van der Waals surface area contributed by atoms with Crippen LogP contribution in [0.2, 0.25) is 0 Å². The Morgan fingerprint density at radius 1 is 0.705 bits per heavy atom. The number of ether oxygens (including phenoxy) is 2. The Hall–Kier alpha value is -2.19. The van der Waals surface area contributed by atoms with Crippen LogP contribution in [0.4, 0.5) is 0 Å². The van der Waals surface area contributed by atoms with E-state index >= 15 is 0 Å². The van der Waals surface area contributed by atoms with Crippen LogP contribution in [0.15, 0.2) is 46.1 Å². The van der Waals surface area contributed by atoms with E-state index in [-0.39, 0.29) is 26.1 Å². The third kappa shape index (κ3) is 17.9. The first kappa shape index (κ1) is 38.0. The first-order valence-corrected chi connectivity index (χ1v) is 18.6. The highest BCUT2D eigenvalue weighted by Crippen LogP contribution is 2.48. The predicted octanol–water partition coefficient (Wildman–Crippen LogP) is 8.39. The summed E-state index contributed by atoms with van der Waals surface area (Å²) in [7, 11) is -3.63. The third-order valence-electron chi connectivity index (χ3n) is 7.56. The van der Waals surface area contributed by atoms with E-state index < -0.39 is 18.8 Å². The first-order chi connectivity index (χ1) is 21.4. The molecule has 0 radical (unpaired) electrons. The summed E-state index contributed by atoms with van der Waals surface area (Å²) in [5.74, 6) is 0.418. The second-order valence-corrected chi connectivity index (χ2v) is 13.5. The van der Waals surface area contributed by atoms with Crippen LogP contribution in [0, 0.1) is 6.92 Å². The minimum Gasteiger partial charge on any atom is -0.423 e. The molecule has 0 aliphatic rings. The van der Waals surface area contributed by atoms with Crippen LogP contribution >= 0.6 is 7.60 Å². The van der Waals surface area contributed by atoms with Gasteiger partial charge in [0.05, 0.1) is 26.4 Å². The van der Waals surface area contributed by atoms with Crippen molar-refractivity contribution in [1.82, 2.24) is 9.55 Å². The highest BCUT2D eigenvalue weighted by atomic mass is 31.2. The number of unbranched alkanes of at least 4 members (excludes halogenated alkanes) is 15. The molecule has 1 unspecified atom stereocenters. The number of aromatic nitrogens is 2. The maximum absolute atomic E-state index is 13.4. The lowest BCUT2D eigenvalue weighted by Crippen LogP contribution is -2.31. The Bertz CT molecular complexity index is 1150. The smallest absolute Gasteiger partial charge is 0.404 e. The zero-order chi connectivity index (χ0) is 31.7. The lowest BCUT2D eigenvalue weighted by atomic mass is 10.0. The van der Waals surface area contributed by atoms with Gasteiger partial charge in [-0.3, -0.25) is 18.9 Å². The van der Waals surface area contributed by atoms with Crippen LogP contribution in [0.1, 0.15) is 115 Å². The SMILES string of the molecule is CCCCCCCCCCCCCCCCCCOCCOP(=O)(COCCn1cc(C)c(=O)[nH]c1=O)Oc1ccccc1. The largest absolute Gasteiger partial charge is 0.423 e. The van der Waals surface area contributed by atoms with Gasteiger partial charge in [0.2, 0.25) is 0 Å². The average molecular weight is 637 g/mol. The molecule has 0 saturated carbocycles. The Morgan fingerprint density at radius 3 is 1.86 bits per heavy atom. The summed E-state index contributed by atoms with van der Waals surface area (Å²) < 4.78 is 37.4. The van der Waals surface area contributed by atoms with Crippen molar-refractivity contribution in [1.29, 1.82) is 0 Å². The normalized spacial score (nSPS) is 12.8. The molecule has 10 heteroatoms. The Kier molecular flexibility index (Phi) is 20.8. The summed E-state index contributed by atoms with van der Waals surface area (Å²) in [6, 6.07) is 8.81. The lowest BCUT2D eigenvalue weighted by Gasteiger charge is -2.19. The van der Waals surface area contributed by atoms with Crippen LogP contribution in [-0.4, -0.2) is 42.3 Å². The fourth-order valence-corrected chi connectivity index (χ4v) is 6.27. The molecule has 0 bridgehead atoms. The standard InChI is InChI=1S/C34H57N2O7P/c1-3-4-5-6-7-8-9-10-11-12-13-14-15-16-17-21-25-40-27-28-42-44(39,43-32-22-19-18-20-23-32)30-41-26-24-36-29-31(2)33(37)35-34(36)38/h18-20,22-23,29H,3-17,21,24-28,30H2,1-2H3,(H,35,37,38). The molecule has 1 aromatic carbocycles. The summed E-state index contributed by atoms with van der Waals surface area (Å²) in [4.78, 5) is 25.8. The molecule has 0 saturated heterocycles. The molecule has 1 aromatic heterocycles. The number of nitrogens with zero attached hydrogens (tertiary/aromatic N) is 1. The van der Waals surface area contributed by atoms with Gasteiger partial charge >= 0.3 is 13.3 Å². The van der Waals surface area contributed by atoms with Gasteiger partial charge in [0.15, 0.2) is 6.35 Å². The number of H-pyrrole nitrogens is 1. The Labute approximate surface area is 264 Å². The molecule has 0 aliphatic carbocycles. The van der Waals surface area contributed by atoms with Gasteiger partial charge in [-0.2, -0.15) is 0 Å². The molecule has 0 aliphatic heterocycles. The Balaban J connectivity index is 1.52. The maximum Gasteiger partial charge on any atom is 0.404 e. The second-order valence-electron chi connectivity index (χ2n) is 11.6. The van der Waals surface area contributed by atoms with Gasteiger partial charge in [0.1, 0.15) is 5.75 Å². The van der Waals surface area contributed by atoms with Crippen molar-refractivity contribution >= 4 is 7.60 Å². The van der Waals surface area contributed by atoms with E-state index in [4.69, 9.17) is 18.5 Å². The maximum atomic E-state index is 13.4. The molecule has 1 atom stereocenters. The fraction of sp³-hybridized carbons (Fsp3) is 0.706. The van der Waals surface area contributed by atoms with Crippen molar-refractivity contribution in [2.24, 2.45) is 0 Å². The predicted molar refractivity (Wildman–Crippen MR) is 178 cm³/mol. The van der Waals surface area contributed by atoms with Crippen LogP contribution in [0.25, 0.3) is 0 Å². The first-order valence-electron chi connectivity index (χ1n) is 16.9. The van der Waals surface area contributed by atoms with Crippen LogP contribution in [-0.2, 0) is 25.1 Å². The van der Waals surface area contributed by atoms with Crippen molar-refractivity contribution in [3.05, 3.63) is 62.9 Å². The molecule has 1 N–H and O–H groups in total. The summed E-state index contributed by atoms with van der Waals surface area (Å²) in [6.45, 7) is 5.24. The van der Waals surface area contributed by atoms with E-state index in [9.17, 15) is 14.2 Å². The van der Waals surface area contributed by atoms with Crippen molar-refractivity contribution in [2.75, 3.05) is 32.8 Å². The van der Waals surface area contributed by atoms with Crippen molar-refractivity contribution in [3.8, 4) is 5.75 Å². The van der Waals surface area contributed by atoms with Gasteiger partial charge in [-0.15, -0.1) is 0 Å². The summed E-state index contributed by atoms with van der Waals surface area (Å²) in [6.07, 6.45) is 22.5. The number of aryl methyl sites for hydroxylation is 1. The van der Waals surface area contributed by atoms with Gasteiger partial charge in [0, 0.05) is 18.4 Å². The minimum absolute atomic E-state index is 0.0899. The molecular formula is C34H57N2O7P. The summed E-state index contributed by atoms with van der Waals surface area (Å²) in [5.41, 5.74) is -0.519. The molecule has 9 nitrogen and oxygen atoms in total. The van der Waals surface area contributed by atoms with E-state index in [1.54, 1.807) is 31.2 Å². The molecule has 2 rings (SSSR count). The summed E-state index contributed by atoms with van der Waals surface area (Å²) >= 11 is 0. The second kappa shape index (κ2) is 24.1. The van der Waals surface area contributed by atoms with E-state index in [2.05, 4.69) is 11.9 Å². The van der Waals surface area contributed by atoms with Gasteiger partial charge < -0.3 is 14.0 Å². The van der Waals surface area contributed by atoms with Gasteiger partial charge in [-0.25, -0.2) is 9.36 Å². The number of aromatic amines is 1. The van der Waals surface area contributed by atoms with Crippen molar-refractivity contribution in [2.45, 2.75) is 123 Å². The quantitative estimate of drug-likeness (QED) is 0.0738. The van der Waals surface area contributed by atoms with Crippen LogP contribution in [0.5, 0.6) is 5.75 Å². The van der Waals surface area contributed by atoms with Gasteiger partial charge in [0.25, 0.3) is 5.56 Å². The van der Waals surface area contributed by atoms with E-state index in [1.807, 2.05) is 6.07 Å². The molecular weight excluding hydrogens is 579 g/mol. The average Bonchev–Trinajstić information content (AvgIpc) is 3.01. The van der Waals surface area contributed by atoms with Crippen molar-refractivity contribution in [3.63, 3.8) is 0 Å². The number of para-hydroxylation sites is 1. The summed E-state index contributed by atoms with van der Waals surface area (Å²) in [5, 5.41) is 0. The third-order valence-corrected chi connectivity index (χ3v) is 9.12. The molecule has 0 fully saturated rings. The zero-order valence-electron chi connectivity index (χ0n) is 27.3. The fourth-order valence-electron chi connectivity index (χ4n) is 4.95.